The summed E-state index contributed by atoms with van der Waals surface area (Å²) in [7, 11) is 0. The van der Waals surface area contributed by atoms with Crippen molar-refractivity contribution in [3.05, 3.63) is 89.0 Å². The van der Waals surface area contributed by atoms with Gasteiger partial charge in [0.15, 0.2) is 0 Å². The van der Waals surface area contributed by atoms with Gasteiger partial charge in [-0.25, -0.2) is 9.98 Å². The Balaban J connectivity index is 1.88. The number of rotatable bonds is 4. The lowest BCUT2D eigenvalue weighted by Crippen LogP contribution is -2.36. The van der Waals surface area contributed by atoms with E-state index in [9.17, 15) is 31.1 Å². The molecule has 0 aliphatic carbocycles. The van der Waals surface area contributed by atoms with Gasteiger partial charge in [-0.15, -0.1) is 0 Å². The molecule has 1 aromatic heterocycles. The van der Waals surface area contributed by atoms with Gasteiger partial charge < -0.3 is 11.1 Å². The number of hydrogen-bond acceptors (Lipinski definition) is 4. The van der Waals surface area contributed by atoms with Crippen LogP contribution in [0.4, 0.5) is 38.0 Å². The van der Waals surface area contributed by atoms with Crippen LogP contribution < -0.4 is 16.4 Å². The van der Waals surface area contributed by atoms with Crippen LogP contribution in [-0.4, -0.2) is 16.9 Å². The summed E-state index contributed by atoms with van der Waals surface area (Å²) in [5, 5.41) is 4.99. The van der Waals surface area contributed by atoms with Gasteiger partial charge in [0, 0.05) is 5.56 Å². The quantitative estimate of drug-likeness (QED) is 0.275. The normalized spacial score (nSPS) is 12.4. The van der Waals surface area contributed by atoms with Crippen molar-refractivity contribution in [1.29, 1.82) is 0 Å². The number of guanidine groups is 1. The molecule has 0 atom stereocenters. The zero-order valence-corrected chi connectivity index (χ0v) is 17.2. The number of nitrogens with one attached hydrogen (secondary N) is 2. The molecule has 1 amide bonds. The molecular formula is C22H17F6N5O. The number of pyridine rings is 1. The van der Waals surface area contributed by atoms with Gasteiger partial charge >= 0.3 is 12.4 Å². The number of alkyl halides is 6. The van der Waals surface area contributed by atoms with Crippen LogP contribution in [0, 0.1) is 0 Å². The Labute approximate surface area is 189 Å². The van der Waals surface area contributed by atoms with Crippen LogP contribution in [0.2, 0.25) is 0 Å². The molecule has 0 radical (unpaired) electrons. The molecule has 0 saturated carbocycles. The third kappa shape index (κ3) is 6.47. The van der Waals surface area contributed by atoms with E-state index < -0.39 is 35.9 Å². The highest BCUT2D eigenvalue weighted by Gasteiger charge is 2.33. The van der Waals surface area contributed by atoms with Crippen LogP contribution in [0.25, 0.3) is 0 Å². The number of aliphatic imine (C=N–C) groups is 1. The van der Waals surface area contributed by atoms with E-state index in [0.29, 0.717) is 0 Å². The molecule has 0 saturated heterocycles. The average Bonchev–Trinajstić information content (AvgIpc) is 2.76. The summed E-state index contributed by atoms with van der Waals surface area (Å²) >= 11 is 0. The monoisotopic (exact) mass is 481 g/mol. The van der Waals surface area contributed by atoms with E-state index >= 15 is 0 Å². The van der Waals surface area contributed by atoms with Gasteiger partial charge in [0.1, 0.15) is 11.6 Å². The molecule has 0 unspecified atom stereocenters. The zero-order valence-electron chi connectivity index (χ0n) is 17.2. The van der Waals surface area contributed by atoms with Crippen molar-refractivity contribution in [2.75, 3.05) is 11.1 Å². The van der Waals surface area contributed by atoms with Crippen LogP contribution in [-0.2, 0) is 18.9 Å². The number of nitrogen functional groups attached to an aromatic ring is 1. The molecule has 6 nitrogen and oxygen atoms in total. The number of carbonyl (C=O) groups excluding carboxylic acids is 1. The molecule has 34 heavy (non-hydrogen) atoms. The van der Waals surface area contributed by atoms with E-state index in [1.165, 1.54) is 30.3 Å². The number of benzene rings is 2. The maximum atomic E-state index is 13.3. The third-order valence-corrected chi connectivity index (χ3v) is 4.45. The third-order valence-electron chi connectivity index (χ3n) is 4.45. The molecule has 0 aliphatic heterocycles. The Morgan fingerprint density at radius 3 is 2.18 bits per heavy atom. The van der Waals surface area contributed by atoms with E-state index in [1.807, 2.05) is 0 Å². The molecule has 178 valence electrons. The summed E-state index contributed by atoms with van der Waals surface area (Å²) in [4.78, 5) is 20.6. The van der Waals surface area contributed by atoms with Crippen molar-refractivity contribution in [2.45, 2.75) is 18.9 Å². The predicted octanol–water partition coefficient (Wildman–Crippen LogP) is 5.10. The van der Waals surface area contributed by atoms with Crippen LogP contribution >= 0.6 is 0 Å². The Hall–Kier alpha value is -4.09. The van der Waals surface area contributed by atoms with Crippen molar-refractivity contribution in [1.82, 2.24) is 10.3 Å². The zero-order chi connectivity index (χ0) is 24.9. The van der Waals surface area contributed by atoms with Crippen molar-refractivity contribution >= 4 is 23.5 Å². The summed E-state index contributed by atoms with van der Waals surface area (Å²) in [6, 6.07) is 12.7. The maximum absolute atomic E-state index is 13.3. The van der Waals surface area contributed by atoms with Gasteiger partial charge in [0.2, 0.25) is 5.96 Å². The van der Waals surface area contributed by atoms with E-state index in [1.54, 1.807) is 6.07 Å². The second kappa shape index (κ2) is 9.81. The Morgan fingerprint density at radius 2 is 1.56 bits per heavy atom. The van der Waals surface area contributed by atoms with Gasteiger partial charge in [-0.05, 0) is 48.0 Å². The molecule has 3 rings (SSSR count). The lowest BCUT2D eigenvalue weighted by Gasteiger charge is -2.14. The van der Waals surface area contributed by atoms with E-state index in [4.69, 9.17) is 5.73 Å². The fraction of sp³-hybridized carbons (Fsp3) is 0.136. The SMILES string of the molecule is Nc1cccc(NC(=NCc2ccccc2C(F)(F)F)NC(=O)c2ccc(C(F)(F)F)cc2)n1. The summed E-state index contributed by atoms with van der Waals surface area (Å²) in [6.45, 7) is -0.465. The minimum atomic E-state index is -4.61. The van der Waals surface area contributed by atoms with E-state index in [0.717, 1.165) is 30.3 Å². The molecule has 0 fully saturated rings. The molecule has 0 aliphatic rings. The van der Waals surface area contributed by atoms with Crippen LogP contribution in [0.5, 0.6) is 0 Å². The number of halogens is 6. The fourth-order valence-electron chi connectivity index (χ4n) is 2.84. The van der Waals surface area contributed by atoms with Crippen LogP contribution in [0.3, 0.4) is 0 Å². The first-order chi connectivity index (χ1) is 15.9. The fourth-order valence-corrected chi connectivity index (χ4v) is 2.84. The molecule has 0 bridgehead atoms. The highest BCUT2D eigenvalue weighted by Crippen LogP contribution is 2.32. The number of aromatic nitrogens is 1. The van der Waals surface area contributed by atoms with E-state index in [2.05, 4.69) is 20.6 Å². The number of anilines is 2. The number of nitrogens with two attached hydrogens (primary N) is 1. The molecule has 0 spiro atoms. The van der Waals surface area contributed by atoms with Crippen molar-refractivity contribution in [3.8, 4) is 0 Å². The maximum Gasteiger partial charge on any atom is 0.416 e. The Kier molecular flexibility index (Phi) is 7.08. The second-order valence-electron chi connectivity index (χ2n) is 6.92. The number of amides is 1. The Bertz CT molecular complexity index is 1190. The summed E-state index contributed by atoms with van der Waals surface area (Å²) in [6.07, 6.45) is -9.19. The topological polar surface area (TPSA) is 92.4 Å². The summed E-state index contributed by atoms with van der Waals surface area (Å²) in [5.74, 6) is -0.857. The predicted molar refractivity (Wildman–Crippen MR) is 114 cm³/mol. The molecule has 12 heteroatoms. The van der Waals surface area contributed by atoms with Gasteiger partial charge in [0.05, 0.1) is 17.7 Å². The average molecular weight is 481 g/mol. The second-order valence-corrected chi connectivity index (χ2v) is 6.92. The molecular weight excluding hydrogens is 464 g/mol. The summed E-state index contributed by atoms with van der Waals surface area (Å²) < 4.78 is 78.1. The van der Waals surface area contributed by atoms with Crippen molar-refractivity contribution in [3.63, 3.8) is 0 Å². The van der Waals surface area contributed by atoms with Gasteiger partial charge in [0.25, 0.3) is 5.91 Å². The molecule has 2 aromatic carbocycles. The number of hydrogen-bond donors (Lipinski definition) is 3. The van der Waals surface area contributed by atoms with E-state index in [-0.39, 0.29) is 28.7 Å². The first-order valence-corrected chi connectivity index (χ1v) is 9.61. The van der Waals surface area contributed by atoms with Crippen LogP contribution in [0.15, 0.2) is 71.7 Å². The van der Waals surface area contributed by atoms with Gasteiger partial charge in [-0.3, -0.25) is 10.1 Å². The smallest absolute Gasteiger partial charge is 0.384 e. The van der Waals surface area contributed by atoms with Crippen molar-refractivity contribution in [2.24, 2.45) is 4.99 Å². The lowest BCUT2D eigenvalue weighted by atomic mass is 10.1. The first-order valence-electron chi connectivity index (χ1n) is 9.61. The largest absolute Gasteiger partial charge is 0.416 e. The van der Waals surface area contributed by atoms with Crippen molar-refractivity contribution < 1.29 is 31.1 Å². The standard InChI is InChI=1S/C22H17F6N5O/c23-21(24,25)15-10-8-13(9-11-15)19(34)33-20(32-18-7-3-6-17(29)31-18)30-12-14-4-1-2-5-16(14)22(26,27)28/h1-11H,12H2,(H4,29,30,31,32,33,34). The highest BCUT2D eigenvalue weighted by atomic mass is 19.4. The van der Waals surface area contributed by atoms with Gasteiger partial charge in [-0.2, -0.15) is 26.3 Å². The highest BCUT2D eigenvalue weighted by molar-refractivity contribution is 6.09. The van der Waals surface area contributed by atoms with Gasteiger partial charge in [-0.1, -0.05) is 24.3 Å². The minimum absolute atomic E-state index is 0.126. The molecule has 4 N–H and O–H groups in total. The van der Waals surface area contributed by atoms with Crippen LogP contribution in [0.1, 0.15) is 27.0 Å². The minimum Gasteiger partial charge on any atom is -0.384 e. The Morgan fingerprint density at radius 1 is 0.882 bits per heavy atom. The molecule has 3 aromatic rings. The lowest BCUT2D eigenvalue weighted by molar-refractivity contribution is -0.138. The number of carbonyl (C=O) groups is 1. The number of nitrogens with zero attached hydrogens (tertiary/aromatic N) is 2. The summed E-state index contributed by atoms with van der Waals surface area (Å²) in [5.41, 5.74) is 3.50. The first kappa shape index (κ1) is 24.6. The molecule has 1 heterocycles.